The molecule has 186 valence electrons. The molecule has 1 atom stereocenters. The van der Waals surface area contributed by atoms with E-state index in [4.69, 9.17) is 14.2 Å². The predicted octanol–water partition coefficient (Wildman–Crippen LogP) is 5.28. The molecule has 0 fully saturated rings. The zero-order valence-corrected chi connectivity index (χ0v) is 21.0. The Morgan fingerprint density at radius 2 is 1.72 bits per heavy atom. The Balaban J connectivity index is 1.60. The molecule has 0 amide bonds. The minimum atomic E-state index is -0.530. The summed E-state index contributed by atoms with van der Waals surface area (Å²) in [6, 6.07) is 22.7. The molecule has 0 saturated carbocycles. The number of hydrogen-bond acceptors (Lipinski definition) is 8. The normalized spacial score (nSPS) is 11.6. The van der Waals surface area contributed by atoms with Gasteiger partial charge in [0.2, 0.25) is 6.54 Å². The molecule has 9 nitrogen and oxygen atoms in total. The third-order valence-electron chi connectivity index (χ3n) is 5.48. The number of hydrogen-bond donors (Lipinski definition) is 0. The third-order valence-corrected chi connectivity index (χ3v) is 6.67. The van der Waals surface area contributed by atoms with Gasteiger partial charge < -0.3 is 14.2 Å². The summed E-state index contributed by atoms with van der Waals surface area (Å²) in [5.41, 5.74) is 2.59. The van der Waals surface area contributed by atoms with Crippen molar-refractivity contribution in [1.82, 2.24) is 14.8 Å². The largest absolute Gasteiger partial charge is 0.497 e. The summed E-state index contributed by atoms with van der Waals surface area (Å²) in [7, 11) is 3.16. The highest BCUT2D eigenvalue weighted by Gasteiger charge is 2.25. The molecule has 0 aliphatic carbocycles. The van der Waals surface area contributed by atoms with Crippen molar-refractivity contribution in [3.63, 3.8) is 0 Å². The van der Waals surface area contributed by atoms with Crippen molar-refractivity contribution in [2.45, 2.75) is 23.9 Å². The lowest BCUT2D eigenvalue weighted by atomic mass is 10.1. The molecule has 0 aliphatic rings. The Morgan fingerprint density at radius 1 is 0.972 bits per heavy atom. The average molecular weight is 507 g/mol. The molecule has 0 aliphatic heterocycles. The lowest BCUT2D eigenvalue weighted by Crippen LogP contribution is -2.11. The van der Waals surface area contributed by atoms with Gasteiger partial charge >= 0.3 is 0 Å². The van der Waals surface area contributed by atoms with Crippen molar-refractivity contribution in [3.05, 3.63) is 99.9 Å². The maximum absolute atomic E-state index is 11.6. The summed E-state index contributed by atoms with van der Waals surface area (Å²) in [6.45, 7) is 1.92. The molecular weight excluding hydrogens is 480 g/mol. The first kappa shape index (κ1) is 25.1. The molecule has 10 heteroatoms. The Labute approximate surface area is 213 Å². The zero-order chi connectivity index (χ0) is 25.5. The maximum atomic E-state index is 11.6. The van der Waals surface area contributed by atoms with E-state index in [0.29, 0.717) is 29.1 Å². The molecule has 4 aromatic rings. The van der Waals surface area contributed by atoms with Gasteiger partial charge in [0, 0.05) is 10.6 Å². The van der Waals surface area contributed by atoms with Crippen molar-refractivity contribution in [2.24, 2.45) is 0 Å². The lowest BCUT2D eigenvalue weighted by Gasteiger charge is -2.17. The van der Waals surface area contributed by atoms with Crippen LogP contribution in [0.3, 0.4) is 0 Å². The van der Waals surface area contributed by atoms with Crippen molar-refractivity contribution in [3.8, 4) is 22.9 Å². The summed E-state index contributed by atoms with van der Waals surface area (Å²) < 4.78 is 18.6. The number of aryl methyl sites for hydroxylation is 1. The maximum Gasteiger partial charge on any atom is 0.220 e. The van der Waals surface area contributed by atoms with E-state index in [1.807, 2.05) is 72.2 Å². The first-order valence-electron chi connectivity index (χ1n) is 11.2. The molecule has 0 spiro atoms. The number of benzene rings is 3. The van der Waals surface area contributed by atoms with Crippen molar-refractivity contribution < 1.29 is 19.1 Å². The zero-order valence-electron chi connectivity index (χ0n) is 20.2. The van der Waals surface area contributed by atoms with Gasteiger partial charge in [-0.15, -0.1) is 10.2 Å². The topological polar surface area (TPSA) is 102 Å². The van der Waals surface area contributed by atoms with Crippen molar-refractivity contribution >= 4 is 11.8 Å². The first-order valence-corrected chi connectivity index (χ1v) is 12.1. The smallest absolute Gasteiger partial charge is 0.220 e. The highest BCUT2D eigenvalue weighted by molar-refractivity contribution is 7.99. The summed E-state index contributed by atoms with van der Waals surface area (Å²) >= 11 is 1.28. The average Bonchev–Trinajstić information content (AvgIpc) is 3.27. The highest BCUT2D eigenvalue weighted by Crippen LogP contribution is 2.39. The molecule has 36 heavy (non-hydrogen) atoms. The van der Waals surface area contributed by atoms with Gasteiger partial charge in [0.15, 0.2) is 16.7 Å². The van der Waals surface area contributed by atoms with Crippen LogP contribution >= 0.6 is 11.8 Å². The van der Waals surface area contributed by atoms with Crippen LogP contribution in [0.15, 0.2) is 78.0 Å². The summed E-state index contributed by atoms with van der Waals surface area (Å²) in [5.74, 6) is 2.47. The van der Waals surface area contributed by atoms with E-state index in [1.54, 1.807) is 26.4 Å². The monoisotopic (exact) mass is 506 g/mol. The first-order chi connectivity index (χ1) is 17.5. The molecule has 0 saturated heterocycles. The Bertz CT molecular complexity index is 1310. The molecule has 0 radical (unpaired) electrons. The fraction of sp³-hybridized carbons (Fsp3) is 0.231. The van der Waals surface area contributed by atoms with Crippen LogP contribution in [0.1, 0.15) is 22.2 Å². The lowest BCUT2D eigenvalue weighted by molar-refractivity contribution is -0.479. The number of rotatable bonds is 11. The van der Waals surface area contributed by atoms with E-state index in [-0.39, 0.29) is 11.5 Å². The second-order valence-electron chi connectivity index (χ2n) is 7.87. The fourth-order valence-corrected chi connectivity index (χ4v) is 4.82. The molecule has 0 bridgehead atoms. The van der Waals surface area contributed by atoms with Gasteiger partial charge in [0.1, 0.15) is 23.4 Å². The minimum absolute atomic E-state index is 0.299. The molecule has 0 unspecified atom stereocenters. The Morgan fingerprint density at radius 3 is 2.39 bits per heavy atom. The number of ether oxygens (including phenoxy) is 3. The highest BCUT2D eigenvalue weighted by atomic mass is 32.2. The predicted molar refractivity (Wildman–Crippen MR) is 137 cm³/mol. The van der Waals surface area contributed by atoms with E-state index >= 15 is 0 Å². The number of nitro groups is 1. The van der Waals surface area contributed by atoms with E-state index in [2.05, 4.69) is 10.2 Å². The number of methoxy groups -OCH3 is 2. The second kappa shape index (κ2) is 11.6. The van der Waals surface area contributed by atoms with Crippen LogP contribution in [-0.4, -0.2) is 40.5 Å². The van der Waals surface area contributed by atoms with Gasteiger partial charge in [-0.2, -0.15) is 0 Å². The molecule has 4 rings (SSSR count). The van der Waals surface area contributed by atoms with Crippen LogP contribution in [0.2, 0.25) is 0 Å². The Kier molecular flexibility index (Phi) is 8.06. The SMILES string of the molecule is COc1ccc(-n2c(C)nnc2S[C@@H](C[N+](=O)[O-])c2ccc(OCc3ccccc3)c(OC)c2)cc1. The van der Waals surface area contributed by atoms with Gasteiger partial charge in [-0.05, 0) is 54.4 Å². The fourth-order valence-electron chi connectivity index (χ4n) is 3.66. The number of aromatic nitrogens is 3. The van der Waals surface area contributed by atoms with Crippen LogP contribution < -0.4 is 14.2 Å². The van der Waals surface area contributed by atoms with Gasteiger partial charge in [-0.25, -0.2) is 0 Å². The quantitative estimate of drug-likeness (QED) is 0.154. The summed E-state index contributed by atoms with van der Waals surface area (Å²) in [4.78, 5) is 11.2. The Hall–Kier alpha value is -4.05. The second-order valence-corrected chi connectivity index (χ2v) is 9.04. The summed E-state index contributed by atoms with van der Waals surface area (Å²) in [6.07, 6.45) is 0. The molecule has 0 N–H and O–H groups in total. The third kappa shape index (κ3) is 5.95. The number of nitrogens with zero attached hydrogens (tertiary/aromatic N) is 4. The van der Waals surface area contributed by atoms with E-state index in [0.717, 1.165) is 22.6 Å². The molecule has 1 heterocycles. The van der Waals surface area contributed by atoms with Gasteiger partial charge in [-0.1, -0.05) is 48.2 Å². The minimum Gasteiger partial charge on any atom is -0.497 e. The van der Waals surface area contributed by atoms with Gasteiger partial charge in [0.25, 0.3) is 0 Å². The van der Waals surface area contributed by atoms with Gasteiger partial charge in [-0.3, -0.25) is 14.7 Å². The number of thioether (sulfide) groups is 1. The van der Waals surface area contributed by atoms with Crippen LogP contribution in [0.4, 0.5) is 0 Å². The van der Waals surface area contributed by atoms with Crippen molar-refractivity contribution in [2.75, 3.05) is 20.8 Å². The van der Waals surface area contributed by atoms with Crippen LogP contribution in [0.25, 0.3) is 5.69 Å². The van der Waals surface area contributed by atoms with Crippen molar-refractivity contribution in [1.29, 1.82) is 0 Å². The van der Waals surface area contributed by atoms with Crippen LogP contribution in [0, 0.1) is 17.0 Å². The van der Waals surface area contributed by atoms with E-state index in [9.17, 15) is 10.1 Å². The van der Waals surface area contributed by atoms with Crippen LogP contribution in [0.5, 0.6) is 17.2 Å². The molecule has 3 aromatic carbocycles. The van der Waals surface area contributed by atoms with E-state index in [1.165, 1.54) is 11.8 Å². The standard InChI is InChI=1S/C26H26N4O5S/c1-18-27-28-26(30(18)21-10-12-22(33-2)13-11-21)36-25(16-29(31)32)20-9-14-23(24(15-20)34-3)35-17-19-7-5-4-6-8-19/h4-15,25H,16-17H2,1-3H3/t25-/m0/s1. The summed E-state index contributed by atoms with van der Waals surface area (Å²) in [5, 5.41) is 20.1. The van der Waals surface area contributed by atoms with E-state index < -0.39 is 5.25 Å². The van der Waals surface area contributed by atoms with Crippen LogP contribution in [-0.2, 0) is 6.61 Å². The van der Waals surface area contributed by atoms with Gasteiger partial charge in [0.05, 0.1) is 14.2 Å². The molecule has 1 aromatic heterocycles. The molecular formula is C26H26N4O5S.